The van der Waals surface area contributed by atoms with Crippen molar-refractivity contribution in [2.45, 2.75) is 29.5 Å². The molecule has 2 unspecified atom stereocenters. The first-order chi connectivity index (χ1) is 10.2. The van der Waals surface area contributed by atoms with Crippen molar-refractivity contribution in [3.63, 3.8) is 0 Å². The third-order valence-electron chi connectivity index (χ3n) is 4.07. The lowest BCUT2D eigenvalue weighted by Gasteiger charge is -2.20. The summed E-state index contributed by atoms with van der Waals surface area (Å²) < 4.78 is 5.37. The van der Waals surface area contributed by atoms with E-state index < -0.39 is 0 Å². The lowest BCUT2D eigenvalue weighted by Crippen LogP contribution is -2.23. The minimum absolute atomic E-state index is 0.376. The Kier molecular flexibility index (Phi) is 4.22. The van der Waals surface area contributed by atoms with Crippen LogP contribution in [0.2, 0.25) is 0 Å². The molecule has 1 aliphatic rings. The molecule has 0 saturated heterocycles. The fourth-order valence-electron chi connectivity index (χ4n) is 3.02. The van der Waals surface area contributed by atoms with E-state index >= 15 is 0 Å². The quantitative estimate of drug-likeness (QED) is 0.922. The number of aryl methyl sites for hydroxylation is 1. The van der Waals surface area contributed by atoms with Gasteiger partial charge in [0.05, 0.1) is 7.11 Å². The van der Waals surface area contributed by atoms with E-state index in [0.29, 0.717) is 11.3 Å². The smallest absolute Gasteiger partial charge is 0.119 e. The molecule has 3 rings (SSSR count). The Morgan fingerprint density at radius 3 is 2.76 bits per heavy atom. The van der Waals surface area contributed by atoms with Crippen LogP contribution in [0.25, 0.3) is 0 Å². The Morgan fingerprint density at radius 2 is 2.05 bits per heavy atom. The van der Waals surface area contributed by atoms with E-state index in [4.69, 9.17) is 4.74 Å². The van der Waals surface area contributed by atoms with Gasteiger partial charge in [0.15, 0.2) is 0 Å². The minimum atomic E-state index is 0.376. The molecule has 21 heavy (non-hydrogen) atoms. The fraction of sp³-hybridized carbons (Fsp3) is 0.333. The molecule has 0 spiro atoms. The van der Waals surface area contributed by atoms with Crippen LogP contribution in [0.15, 0.2) is 47.4 Å². The molecule has 0 bridgehead atoms. The Morgan fingerprint density at radius 1 is 1.19 bits per heavy atom. The Labute approximate surface area is 130 Å². The van der Waals surface area contributed by atoms with Crippen molar-refractivity contribution >= 4 is 11.8 Å². The predicted molar refractivity (Wildman–Crippen MR) is 89.3 cm³/mol. The first kappa shape index (κ1) is 14.5. The monoisotopic (exact) mass is 299 g/mol. The van der Waals surface area contributed by atoms with Gasteiger partial charge in [-0.1, -0.05) is 23.8 Å². The van der Waals surface area contributed by atoms with E-state index in [-0.39, 0.29) is 0 Å². The summed E-state index contributed by atoms with van der Waals surface area (Å²) in [5.74, 6) is 0.940. The highest BCUT2D eigenvalue weighted by atomic mass is 32.2. The predicted octanol–water partition coefficient (Wildman–Crippen LogP) is 3.98. The van der Waals surface area contributed by atoms with E-state index in [1.165, 1.54) is 21.6 Å². The summed E-state index contributed by atoms with van der Waals surface area (Å²) in [6, 6.07) is 15.6. The highest BCUT2D eigenvalue weighted by molar-refractivity contribution is 8.00. The van der Waals surface area contributed by atoms with Crippen LogP contribution in [-0.4, -0.2) is 19.4 Å². The number of benzene rings is 2. The summed E-state index contributed by atoms with van der Waals surface area (Å²) >= 11 is 1.96. The van der Waals surface area contributed by atoms with E-state index in [1.807, 2.05) is 18.8 Å². The summed E-state index contributed by atoms with van der Waals surface area (Å²) in [7, 11) is 3.77. The van der Waals surface area contributed by atoms with Crippen LogP contribution in [0.1, 0.15) is 22.7 Å². The van der Waals surface area contributed by atoms with Crippen molar-refractivity contribution < 1.29 is 4.74 Å². The Balaban J connectivity index is 1.85. The van der Waals surface area contributed by atoms with Gasteiger partial charge in [-0.3, -0.25) is 0 Å². The molecule has 2 atom stereocenters. The zero-order valence-electron chi connectivity index (χ0n) is 12.7. The SMILES string of the molecule is CNC1c2cc(OC)ccc2CC1Sc1cccc(C)c1. The van der Waals surface area contributed by atoms with Crippen molar-refractivity contribution in [2.24, 2.45) is 0 Å². The van der Waals surface area contributed by atoms with E-state index in [9.17, 15) is 0 Å². The molecule has 0 aliphatic heterocycles. The lowest BCUT2D eigenvalue weighted by atomic mass is 10.1. The zero-order valence-corrected chi connectivity index (χ0v) is 13.5. The third kappa shape index (κ3) is 2.94. The van der Waals surface area contributed by atoms with Crippen molar-refractivity contribution in [2.75, 3.05) is 14.2 Å². The van der Waals surface area contributed by atoms with Gasteiger partial charge >= 0.3 is 0 Å². The van der Waals surface area contributed by atoms with Crippen LogP contribution in [0.3, 0.4) is 0 Å². The molecule has 3 heteroatoms. The molecule has 1 aliphatic carbocycles. The van der Waals surface area contributed by atoms with Gasteiger partial charge in [0, 0.05) is 16.2 Å². The second-order valence-electron chi connectivity index (χ2n) is 5.51. The number of rotatable bonds is 4. The molecule has 110 valence electrons. The lowest BCUT2D eigenvalue weighted by molar-refractivity contribution is 0.413. The first-order valence-electron chi connectivity index (χ1n) is 7.28. The summed E-state index contributed by atoms with van der Waals surface area (Å²) in [4.78, 5) is 1.35. The van der Waals surface area contributed by atoms with Gasteiger partial charge in [0.25, 0.3) is 0 Å². The second-order valence-corrected chi connectivity index (χ2v) is 6.82. The summed E-state index contributed by atoms with van der Waals surface area (Å²) in [6.45, 7) is 2.15. The van der Waals surface area contributed by atoms with Crippen LogP contribution >= 0.6 is 11.8 Å². The van der Waals surface area contributed by atoms with Gasteiger partial charge < -0.3 is 10.1 Å². The van der Waals surface area contributed by atoms with E-state index in [0.717, 1.165) is 12.2 Å². The average Bonchev–Trinajstić information content (AvgIpc) is 2.83. The summed E-state index contributed by atoms with van der Waals surface area (Å²) in [5, 5.41) is 4.01. The largest absolute Gasteiger partial charge is 0.497 e. The molecular formula is C18H21NOS. The number of fused-ring (bicyclic) bond motifs is 1. The van der Waals surface area contributed by atoms with Gasteiger partial charge in [0.2, 0.25) is 0 Å². The number of nitrogens with one attached hydrogen (secondary N) is 1. The second kappa shape index (κ2) is 6.12. The molecule has 0 heterocycles. The highest BCUT2D eigenvalue weighted by Crippen LogP contribution is 2.42. The maximum absolute atomic E-state index is 5.37. The minimum Gasteiger partial charge on any atom is -0.497 e. The van der Waals surface area contributed by atoms with Crippen LogP contribution in [0.4, 0.5) is 0 Å². The molecule has 0 aromatic heterocycles. The van der Waals surface area contributed by atoms with Gasteiger partial charge in [-0.2, -0.15) is 0 Å². The van der Waals surface area contributed by atoms with Crippen molar-refractivity contribution in [1.29, 1.82) is 0 Å². The highest BCUT2D eigenvalue weighted by Gasteiger charge is 2.32. The summed E-state index contributed by atoms with van der Waals surface area (Å²) in [6.07, 6.45) is 1.10. The van der Waals surface area contributed by atoms with Gasteiger partial charge in [0.1, 0.15) is 5.75 Å². The normalized spacial score (nSPS) is 20.3. The number of methoxy groups -OCH3 is 1. The molecule has 1 N–H and O–H groups in total. The topological polar surface area (TPSA) is 21.3 Å². The van der Waals surface area contributed by atoms with E-state index in [2.05, 4.69) is 54.7 Å². The number of hydrogen-bond donors (Lipinski definition) is 1. The Bertz CT molecular complexity index is 641. The maximum atomic E-state index is 5.37. The van der Waals surface area contributed by atoms with Gasteiger partial charge in [-0.25, -0.2) is 0 Å². The number of thioether (sulfide) groups is 1. The number of ether oxygens (including phenoxy) is 1. The van der Waals surface area contributed by atoms with Crippen LogP contribution in [0, 0.1) is 6.92 Å². The zero-order chi connectivity index (χ0) is 14.8. The molecule has 2 nitrogen and oxygen atoms in total. The molecule has 0 radical (unpaired) electrons. The van der Waals surface area contributed by atoms with Crippen molar-refractivity contribution in [3.05, 3.63) is 59.2 Å². The average molecular weight is 299 g/mol. The third-order valence-corrected chi connectivity index (χ3v) is 5.34. The summed E-state index contributed by atoms with van der Waals surface area (Å²) in [5.41, 5.74) is 4.13. The van der Waals surface area contributed by atoms with Gasteiger partial charge in [-0.15, -0.1) is 11.8 Å². The van der Waals surface area contributed by atoms with Crippen LogP contribution in [-0.2, 0) is 6.42 Å². The fourth-order valence-corrected chi connectivity index (χ4v) is 4.47. The van der Waals surface area contributed by atoms with E-state index in [1.54, 1.807) is 7.11 Å². The molecule has 0 saturated carbocycles. The molecular weight excluding hydrogens is 278 g/mol. The Hall–Kier alpha value is -1.45. The molecule has 0 fully saturated rings. The van der Waals surface area contributed by atoms with Gasteiger partial charge in [-0.05, 0) is 55.8 Å². The van der Waals surface area contributed by atoms with Crippen molar-refractivity contribution in [3.8, 4) is 5.75 Å². The standard InChI is InChI=1S/C18H21NOS/c1-12-5-4-6-15(9-12)21-17-10-13-7-8-14(20-3)11-16(13)18(17)19-2/h4-9,11,17-19H,10H2,1-3H3. The maximum Gasteiger partial charge on any atom is 0.119 e. The number of hydrogen-bond acceptors (Lipinski definition) is 3. The molecule has 0 amide bonds. The first-order valence-corrected chi connectivity index (χ1v) is 8.16. The molecule has 2 aromatic rings. The van der Waals surface area contributed by atoms with Crippen LogP contribution in [0.5, 0.6) is 5.75 Å². The van der Waals surface area contributed by atoms with Crippen molar-refractivity contribution in [1.82, 2.24) is 5.32 Å². The molecule has 2 aromatic carbocycles. The van der Waals surface area contributed by atoms with Crippen LogP contribution < -0.4 is 10.1 Å².